The largest absolute Gasteiger partial charge is 0.262 e. The molecule has 92 valence electrons. The summed E-state index contributed by atoms with van der Waals surface area (Å²) < 4.78 is 1.38. The van der Waals surface area contributed by atoms with Gasteiger partial charge in [0.2, 0.25) is 5.16 Å². The third kappa shape index (κ3) is 2.16. The van der Waals surface area contributed by atoms with Crippen LogP contribution in [0.2, 0.25) is 0 Å². The maximum Gasteiger partial charge on any atom is 0.214 e. The molecule has 3 rings (SSSR count). The molecular weight excluding hydrogens is 252 g/mol. The highest BCUT2D eigenvalue weighted by Gasteiger charge is 2.07. The second kappa shape index (κ2) is 4.69. The molecule has 0 aromatic carbocycles. The lowest BCUT2D eigenvalue weighted by atomic mass is 10.3. The highest BCUT2D eigenvalue weighted by Crippen LogP contribution is 2.22. The van der Waals surface area contributed by atoms with Gasteiger partial charge in [0.05, 0.1) is 0 Å². The van der Waals surface area contributed by atoms with Crippen LogP contribution in [0.25, 0.3) is 5.65 Å². The Morgan fingerprint density at radius 1 is 1.39 bits per heavy atom. The molecule has 8 nitrogen and oxygen atoms in total. The quantitative estimate of drug-likeness (QED) is 0.740. The number of aryl methyl sites for hydroxylation is 1. The molecule has 1 N–H and O–H groups in total. The number of hydrogen-bond acceptors (Lipinski definition) is 7. The molecule has 3 aromatic rings. The molecule has 3 aromatic heterocycles. The molecule has 0 aliphatic heterocycles. The number of aromatic amines is 1. The summed E-state index contributed by atoms with van der Waals surface area (Å²) in [5.41, 5.74) is 0.612. The van der Waals surface area contributed by atoms with Gasteiger partial charge >= 0.3 is 0 Å². The van der Waals surface area contributed by atoms with E-state index in [1.165, 1.54) is 16.4 Å². The van der Waals surface area contributed by atoms with Crippen LogP contribution < -0.4 is 0 Å². The molecule has 0 saturated carbocycles. The van der Waals surface area contributed by atoms with Crippen molar-refractivity contribution in [3.05, 3.63) is 18.0 Å². The number of H-pyrrole nitrogens is 1. The zero-order valence-electron chi connectivity index (χ0n) is 9.61. The van der Waals surface area contributed by atoms with Gasteiger partial charge in [-0.2, -0.15) is 0 Å². The van der Waals surface area contributed by atoms with Gasteiger partial charge in [0.1, 0.15) is 10.9 Å². The van der Waals surface area contributed by atoms with Gasteiger partial charge in [-0.1, -0.05) is 6.92 Å². The van der Waals surface area contributed by atoms with E-state index in [-0.39, 0.29) is 0 Å². The molecule has 0 bridgehead atoms. The standard InChI is InChI=1S/C9H10N8S/c1-2-3-6-10-9(13-11-6)18-8-5-4-7-12-15-16-17(7)14-8/h4-5H,2-3H2,1H3,(H,10,11,13). The molecule has 3 heterocycles. The molecule has 0 unspecified atom stereocenters. The molecular formula is C9H10N8S. The van der Waals surface area contributed by atoms with Crippen LogP contribution in [0.15, 0.2) is 22.3 Å². The van der Waals surface area contributed by atoms with E-state index in [4.69, 9.17) is 0 Å². The molecule has 0 aliphatic carbocycles. The van der Waals surface area contributed by atoms with Gasteiger partial charge in [-0.15, -0.1) is 19.9 Å². The lowest BCUT2D eigenvalue weighted by Gasteiger charge is -1.95. The summed E-state index contributed by atoms with van der Waals surface area (Å²) in [4.78, 5) is 4.36. The fourth-order valence-corrected chi connectivity index (χ4v) is 2.14. The molecule has 0 atom stereocenters. The summed E-state index contributed by atoms with van der Waals surface area (Å²) in [7, 11) is 0. The Morgan fingerprint density at radius 3 is 3.22 bits per heavy atom. The van der Waals surface area contributed by atoms with Crippen molar-refractivity contribution in [1.82, 2.24) is 40.4 Å². The molecule has 0 radical (unpaired) electrons. The average Bonchev–Trinajstić information content (AvgIpc) is 2.98. The number of tetrazole rings is 1. The van der Waals surface area contributed by atoms with Crippen molar-refractivity contribution >= 4 is 17.4 Å². The van der Waals surface area contributed by atoms with E-state index in [1.807, 2.05) is 6.07 Å². The van der Waals surface area contributed by atoms with Crippen LogP contribution in [-0.4, -0.2) is 40.4 Å². The maximum atomic E-state index is 4.36. The van der Waals surface area contributed by atoms with Crippen molar-refractivity contribution < 1.29 is 0 Å². The van der Waals surface area contributed by atoms with E-state index in [0.717, 1.165) is 23.7 Å². The fraction of sp³-hybridized carbons (Fsp3) is 0.333. The first-order valence-corrected chi connectivity index (χ1v) is 6.31. The third-order valence-electron chi connectivity index (χ3n) is 2.24. The highest BCUT2D eigenvalue weighted by atomic mass is 32.2. The lowest BCUT2D eigenvalue weighted by Crippen LogP contribution is -1.95. The maximum absolute atomic E-state index is 4.36. The van der Waals surface area contributed by atoms with Crippen LogP contribution in [-0.2, 0) is 6.42 Å². The molecule has 0 spiro atoms. The van der Waals surface area contributed by atoms with Crippen LogP contribution in [0.4, 0.5) is 0 Å². The van der Waals surface area contributed by atoms with Crippen LogP contribution in [0.1, 0.15) is 19.2 Å². The second-order valence-electron chi connectivity index (χ2n) is 3.61. The summed E-state index contributed by atoms with van der Waals surface area (Å²) in [6.45, 7) is 2.10. The molecule has 0 aliphatic rings. The first kappa shape index (κ1) is 11.1. The number of nitrogens with one attached hydrogen (secondary N) is 1. The Hall–Kier alpha value is -2.03. The van der Waals surface area contributed by atoms with Gasteiger partial charge in [-0.05, 0) is 40.7 Å². The van der Waals surface area contributed by atoms with E-state index >= 15 is 0 Å². The topological polar surface area (TPSA) is 97.5 Å². The SMILES string of the molecule is CCCc1nc(Sc2ccc3nnnn3n2)n[nH]1. The van der Waals surface area contributed by atoms with Gasteiger partial charge in [0, 0.05) is 6.42 Å². The Balaban J connectivity index is 1.81. The predicted molar refractivity (Wildman–Crippen MR) is 63.1 cm³/mol. The van der Waals surface area contributed by atoms with Gasteiger partial charge in [0.25, 0.3) is 0 Å². The highest BCUT2D eigenvalue weighted by molar-refractivity contribution is 7.99. The number of aromatic nitrogens is 8. The monoisotopic (exact) mass is 262 g/mol. The van der Waals surface area contributed by atoms with Gasteiger partial charge in [-0.25, -0.2) is 4.98 Å². The van der Waals surface area contributed by atoms with Crippen molar-refractivity contribution in [3.63, 3.8) is 0 Å². The minimum Gasteiger partial charge on any atom is -0.262 e. The number of rotatable bonds is 4. The molecule has 0 fully saturated rings. The van der Waals surface area contributed by atoms with Crippen LogP contribution in [0, 0.1) is 0 Å². The summed E-state index contributed by atoms with van der Waals surface area (Å²) in [5.74, 6) is 0.892. The van der Waals surface area contributed by atoms with E-state index in [2.05, 4.69) is 42.7 Å². The normalized spacial score (nSPS) is 11.2. The first-order valence-electron chi connectivity index (χ1n) is 5.49. The van der Waals surface area contributed by atoms with Crippen LogP contribution in [0.5, 0.6) is 0 Å². The Morgan fingerprint density at radius 2 is 2.33 bits per heavy atom. The minimum absolute atomic E-state index is 0.612. The first-order chi connectivity index (χ1) is 8.85. The van der Waals surface area contributed by atoms with E-state index in [0.29, 0.717) is 10.8 Å². The zero-order chi connectivity index (χ0) is 12.4. The lowest BCUT2D eigenvalue weighted by molar-refractivity contribution is 0.702. The number of nitrogens with zero attached hydrogens (tertiary/aromatic N) is 7. The van der Waals surface area contributed by atoms with E-state index in [9.17, 15) is 0 Å². The third-order valence-corrected chi connectivity index (χ3v) is 3.03. The summed E-state index contributed by atoms with van der Waals surface area (Å²) >= 11 is 1.37. The summed E-state index contributed by atoms with van der Waals surface area (Å²) in [6.07, 6.45) is 1.93. The van der Waals surface area contributed by atoms with Crippen molar-refractivity contribution in [2.45, 2.75) is 29.9 Å². The molecule has 9 heteroatoms. The summed E-state index contributed by atoms with van der Waals surface area (Å²) in [6, 6.07) is 3.64. The van der Waals surface area contributed by atoms with Gasteiger partial charge in [-0.3, -0.25) is 5.10 Å². The van der Waals surface area contributed by atoms with Crippen molar-refractivity contribution in [1.29, 1.82) is 0 Å². The average molecular weight is 262 g/mol. The Labute approximate surface area is 106 Å². The molecule has 0 amide bonds. The van der Waals surface area contributed by atoms with Crippen LogP contribution in [0.3, 0.4) is 0 Å². The van der Waals surface area contributed by atoms with E-state index in [1.54, 1.807) is 6.07 Å². The smallest absolute Gasteiger partial charge is 0.214 e. The molecule has 18 heavy (non-hydrogen) atoms. The van der Waals surface area contributed by atoms with Crippen LogP contribution >= 0.6 is 11.8 Å². The van der Waals surface area contributed by atoms with Crippen molar-refractivity contribution in [2.24, 2.45) is 0 Å². The predicted octanol–water partition coefficient (Wildman–Crippen LogP) is 0.741. The van der Waals surface area contributed by atoms with Crippen molar-refractivity contribution in [3.8, 4) is 0 Å². The zero-order valence-corrected chi connectivity index (χ0v) is 10.4. The minimum atomic E-state index is 0.612. The Kier molecular flexibility index (Phi) is 2.89. The Bertz CT molecular complexity index is 659. The fourth-order valence-electron chi connectivity index (χ4n) is 1.45. The van der Waals surface area contributed by atoms with Gasteiger partial charge in [0.15, 0.2) is 5.65 Å². The number of hydrogen-bond donors (Lipinski definition) is 1. The van der Waals surface area contributed by atoms with Crippen molar-refractivity contribution in [2.75, 3.05) is 0 Å². The van der Waals surface area contributed by atoms with Gasteiger partial charge < -0.3 is 0 Å². The van der Waals surface area contributed by atoms with E-state index < -0.39 is 0 Å². The second-order valence-corrected chi connectivity index (χ2v) is 4.60. The molecule has 0 saturated heterocycles. The summed E-state index contributed by atoms with van der Waals surface area (Å²) in [5, 5.41) is 23.7. The number of fused-ring (bicyclic) bond motifs is 1.